The summed E-state index contributed by atoms with van der Waals surface area (Å²) in [5, 5.41) is 10.9. The second-order valence-electron chi connectivity index (χ2n) is 2.93. The Bertz CT molecular complexity index is 362. The van der Waals surface area contributed by atoms with Crippen LogP contribution < -0.4 is 0 Å². The molecule has 0 N–H and O–H groups in total. The number of halogens is 2. The van der Waals surface area contributed by atoms with Crippen molar-refractivity contribution in [2.75, 3.05) is 19.0 Å². The molecule has 17 heavy (non-hydrogen) atoms. The van der Waals surface area contributed by atoms with Gasteiger partial charge in [-0.2, -0.15) is 0 Å². The van der Waals surface area contributed by atoms with Crippen molar-refractivity contribution in [1.82, 2.24) is 4.98 Å². The second kappa shape index (κ2) is 7.13. The molecule has 1 rings (SSSR count). The molecule has 0 spiro atoms. The lowest BCUT2D eigenvalue weighted by Gasteiger charge is -2.02. The summed E-state index contributed by atoms with van der Waals surface area (Å²) < 4.78 is 28.1. The number of hydrogen-bond donors (Lipinski definition) is 0. The Hall–Kier alpha value is -1.28. The fourth-order valence-electron chi connectivity index (χ4n) is 0.943. The smallest absolute Gasteiger partial charge is 0.287 e. The number of nitrogens with zero attached hydrogens (tertiary/aromatic N) is 2. The quantitative estimate of drug-likeness (QED) is 0.327. The van der Waals surface area contributed by atoms with E-state index in [-0.39, 0.29) is 12.3 Å². The van der Waals surface area contributed by atoms with Gasteiger partial charge in [0.05, 0.1) is 16.6 Å². The van der Waals surface area contributed by atoms with Crippen LogP contribution in [0.1, 0.15) is 0 Å². The average molecular weight is 264 g/mol. The Morgan fingerprint density at radius 3 is 2.82 bits per heavy atom. The minimum absolute atomic E-state index is 0.0803. The van der Waals surface area contributed by atoms with E-state index in [1.54, 1.807) is 0 Å². The molecule has 0 bridgehead atoms. The fraction of sp³-hybridized carbons (Fsp3) is 0.444. The van der Waals surface area contributed by atoms with Crippen LogP contribution in [0.5, 0.6) is 0 Å². The molecule has 5 nitrogen and oxygen atoms in total. The van der Waals surface area contributed by atoms with Crippen molar-refractivity contribution in [1.29, 1.82) is 0 Å². The van der Waals surface area contributed by atoms with Crippen LogP contribution >= 0.6 is 11.8 Å². The lowest BCUT2D eigenvalue weighted by Crippen LogP contribution is -2.06. The number of rotatable bonds is 7. The molecule has 8 heteroatoms. The third-order valence-corrected chi connectivity index (χ3v) is 2.56. The van der Waals surface area contributed by atoms with E-state index < -0.39 is 18.0 Å². The van der Waals surface area contributed by atoms with Crippen molar-refractivity contribution < 1.29 is 18.4 Å². The van der Waals surface area contributed by atoms with Crippen LogP contribution in [0.25, 0.3) is 0 Å². The standard InChI is InChI=1S/C9H10F2N2O3S/c10-8(11)6-16-3-4-17-9-2-1-7(5-12-9)13(14)15/h1-2,5,8H,3-4,6H2. The normalized spacial score (nSPS) is 10.8. The van der Waals surface area contributed by atoms with Gasteiger partial charge >= 0.3 is 0 Å². The average Bonchev–Trinajstić information content (AvgIpc) is 2.29. The highest BCUT2D eigenvalue weighted by molar-refractivity contribution is 7.99. The lowest BCUT2D eigenvalue weighted by molar-refractivity contribution is -0.385. The summed E-state index contributed by atoms with van der Waals surface area (Å²) in [5.74, 6) is 0.470. The predicted octanol–water partition coefficient (Wildman–Crippen LogP) is 2.36. The summed E-state index contributed by atoms with van der Waals surface area (Å²) in [4.78, 5) is 13.7. The van der Waals surface area contributed by atoms with Gasteiger partial charge in [-0.05, 0) is 6.07 Å². The van der Waals surface area contributed by atoms with Crippen LogP contribution in [0.15, 0.2) is 23.4 Å². The van der Waals surface area contributed by atoms with Gasteiger partial charge in [0.15, 0.2) is 0 Å². The van der Waals surface area contributed by atoms with Crippen LogP contribution in [0, 0.1) is 10.1 Å². The Morgan fingerprint density at radius 1 is 1.53 bits per heavy atom. The van der Waals surface area contributed by atoms with Crippen molar-refractivity contribution in [2.45, 2.75) is 11.5 Å². The number of pyridine rings is 1. The number of aromatic nitrogens is 1. The maximum absolute atomic E-state index is 11.7. The topological polar surface area (TPSA) is 65.3 Å². The number of ether oxygens (including phenoxy) is 1. The molecule has 0 saturated heterocycles. The molecule has 0 saturated carbocycles. The summed E-state index contributed by atoms with van der Waals surface area (Å²) in [7, 11) is 0. The molecule has 0 aromatic carbocycles. The zero-order chi connectivity index (χ0) is 12.7. The van der Waals surface area contributed by atoms with E-state index in [0.29, 0.717) is 10.8 Å². The van der Waals surface area contributed by atoms with Gasteiger partial charge < -0.3 is 4.74 Å². The predicted molar refractivity (Wildman–Crippen MR) is 58.4 cm³/mol. The van der Waals surface area contributed by atoms with Crippen LogP contribution in [0.4, 0.5) is 14.5 Å². The van der Waals surface area contributed by atoms with Gasteiger partial charge in [-0.15, -0.1) is 11.8 Å². The van der Waals surface area contributed by atoms with Crippen LogP contribution in [-0.4, -0.2) is 35.3 Å². The molecule has 1 aromatic rings. The van der Waals surface area contributed by atoms with E-state index in [0.717, 1.165) is 6.20 Å². The van der Waals surface area contributed by atoms with Gasteiger partial charge in [0.2, 0.25) is 0 Å². The lowest BCUT2D eigenvalue weighted by atomic mass is 10.4. The second-order valence-corrected chi connectivity index (χ2v) is 4.04. The van der Waals surface area contributed by atoms with Crippen molar-refractivity contribution in [3.05, 3.63) is 28.4 Å². The SMILES string of the molecule is O=[N+]([O-])c1ccc(SCCOCC(F)F)nc1. The van der Waals surface area contributed by atoms with Crippen LogP contribution in [0.3, 0.4) is 0 Å². The Kier molecular flexibility index (Phi) is 5.78. The highest BCUT2D eigenvalue weighted by Crippen LogP contribution is 2.17. The van der Waals surface area contributed by atoms with Crippen molar-refractivity contribution >= 4 is 17.4 Å². The summed E-state index contributed by atoms with van der Waals surface area (Å²) >= 11 is 1.29. The van der Waals surface area contributed by atoms with Crippen molar-refractivity contribution in [3.8, 4) is 0 Å². The molecule has 1 heterocycles. The first kappa shape index (κ1) is 13.8. The highest BCUT2D eigenvalue weighted by Gasteiger charge is 2.05. The molecular weight excluding hydrogens is 254 g/mol. The molecule has 0 aliphatic heterocycles. The number of hydrogen-bond acceptors (Lipinski definition) is 5. The largest absolute Gasteiger partial charge is 0.375 e. The van der Waals surface area contributed by atoms with Gasteiger partial charge in [-0.25, -0.2) is 13.8 Å². The van der Waals surface area contributed by atoms with E-state index in [4.69, 9.17) is 0 Å². The molecular formula is C9H10F2N2O3S. The molecule has 0 aliphatic carbocycles. The molecule has 94 valence electrons. The monoisotopic (exact) mass is 264 g/mol. The van der Waals surface area contributed by atoms with E-state index in [1.165, 1.54) is 23.9 Å². The Labute approximate surface area is 100 Å². The summed E-state index contributed by atoms with van der Waals surface area (Å²) in [6, 6.07) is 2.85. The zero-order valence-corrected chi connectivity index (χ0v) is 9.53. The van der Waals surface area contributed by atoms with Gasteiger partial charge in [-0.1, -0.05) is 0 Å². The van der Waals surface area contributed by atoms with Gasteiger partial charge in [0, 0.05) is 11.8 Å². The molecule has 0 fully saturated rings. The van der Waals surface area contributed by atoms with Gasteiger partial charge in [-0.3, -0.25) is 10.1 Å². The first-order valence-corrected chi connectivity index (χ1v) is 5.67. The maximum Gasteiger partial charge on any atom is 0.287 e. The fourth-order valence-corrected chi connectivity index (χ4v) is 1.65. The van der Waals surface area contributed by atoms with E-state index >= 15 is 0 Å². The van der Waals surface area contributed by atoms with Gasteiger partial charge in [0.1, 0.15) is 12.8 Å². The Balaban J connectivity index is 2.25. The molecule has 0 aliphatic rings. The van der Waals surface area contributed by atoms with Crippen molar-refractivity contribution in [2.24, 2.45) is 0 Å². The van der Waals surface area contributed by atoms with E-state index in [1.807, 2.05) is 0 Å². The Morgan fingerprint density at radius 2 is 2.29 bits per heavy atom. The summed E-state index contributed by atoms with van der Waals surface area (Å²) in [6.07, 6.45) is -1.31. The first-order valence-electron chi connectivity index (χ1n) is 4.68. The molecule has 0 amide bonds. The molecule has 0 unspecified atom stereocenters. The van der Waals surface area contributed by atoms with Crippen LogP contribution in [-0.2, 0) is 4.74 Å². The summed E-state index contributed by atoms with van der Waals surface area (Å²) in [5.41, 5.74) is -0.0803. The molecule has 1 aromatic heterocycles. The number of nitro groups is 1. The highest BCUT2D eigenvalue weighted by atomic mass is 32.2. The minimum Gasteiger partial charge on any atom is -0.375 e. The van der Waals surface area contributed by atoms with Crippen molar-refractivity contribution in [3.63, 3.8) is 0 Å². The first-order chi connectivity index (χ1) is 8.09. The molecule has 0 atom stereocenters. The molecule has 0 radical (unpaired) electrons. The maximum atomic E-state index is 11.7. The van der Waals surface area contributed by atoms with E-state index in [9.17, 15) is 18.9 Å². The van der Waals surface area contributed by atoms with E-state index in [2.05, 4.69) is 9.72 Å². The summed E-state index contributed by atoms with van der Waals surface area (Å²) in [6.45, 7) is -0.387. The third-order valence-electron chi connectivity index (χ3n) is 1.65. The minimum atomic E-state index is -2.46. The number of alkyl halides is 2. The zero-order valence-electron chi connectivity index (χ0n) is 8.71. The number of thioether (sulfide) groups is 1. The van der Waals surface area contributed by atoms with Crippen LogP contribution in [0.2, 0.25) is 0 Å². The van der Waals surface area contributed by atoms with Gasteiger partial charge in [0.25, 0.3) is 12.1 Å². The third kappa shape index (κ3) is 5.55.